The standard InChI is InChI=1S/C13H16N4O2/c1-2-5-9-14-11-10(12(18)16-13(19)15-11)17(9)8-6-3-4-7-8/h3-4,8H,2,5-7H2,1H3,(H2,15,16,18,19). The molecule has 0 atom stereocenters. The summed E-state index contributed by atoms with van der Waals surface area (Å²) in [5.74, 6) is 0.874. The minimum atomic E-state index is -0.505. The lowest BCUT2D eigenvalue weighted by molar-refractivity contribution is 0.523. The second-order valence-corrected chi connectivity index (χ2v) is 4.85. The van der Waals surface area contributed by atoms with Crippen molar-refractivity contribution in [2.75, 3.05) is 0 Å². The number of hydrogen-bond donors (Lipinski definition) is 2. The zero-order valence-electron chi connectivity index (χ0n) is 10.8. The highest BCUT2D eigenvalue weighted by Crippen LogP contribution is 2.28. The lowest BCUT2D eigenvalue weighted by atomic mass is 10.2. The molecule has 0 aromatic carbocycles. The average molecular weight is 260 g/mol. The first kappa shape index (κ1) is 12.0. The number of aromatic nitrogens is 4. The third-order valence-electron chi connectivity index (χ3n) is 3.48. The first-order valence-corrected chi connectivity index (χ1v) is 6.59. The van der Waals surface area contributed by atoms with Crippen molar-refractivity contribution in [3.05, 3.63) is 38.8 Å². The summed E-state index contributed by atoms with van der Waals surface area (Å²) < 4.78 is 1.99. The topological polar surface area (TPSA) is 83.5 Å². The maximum atomic E-state index is 12.0. The molecule has 1 aliphatic rings. The van der Waals surface area contributed by atoms with Crippen LogP contribution in [0.25, 0.3) is 11.2 Å². The molecule has 2 aromatic heterocycles. The van der Waals surface area contributed by atoms with Gasteiger partial charge in [-0.1, -0.05) is 19.1 Å². The molecule has 0 aliphatic heterocycles. The molecule has 3 rings (SSSR count). The Hall–Kier alpha value is -2.11. The number of fused-ring (bicyclic) bond motifs is 1. The average Bonchev–Trinajstić information content (AvgIpc) is 2.95. The number of hydrogen-bond acceptors (Lipinski definition) is 3. The Balaban J connectivity index is 2.28. The molecule has 19 heavy (non-hydrogen) atoms. The minimum Gasteiger partial charge on any atom is -0.318 e. The highest BCUT2D eigenvalue weighted by molar-refractivity contribution is 5.70. The molecule has 1 aliphatic carbocycles. The zero-order valence-corrected chi connectivity index (χ0v) is 10.8. The summed E-state index contributed by atoms with van der Waals surface area (Å²) in [5, 5.41) is 0. The monoisotopic (exact) mass is 260 g/mol. The minimum absolute atomic E-state index is 0.235. The van der Waals surface area contributed by atoms with E-state index in [0.717, 1.165) is 31.5 Å². The van der Waals surface area contributed by atoms with Crippen LogP contribution in [0, 0.1) is 0 Å². The number of nitrogens with one attached hydrogen (secondary N) is 2. The number of allylic oxidation sites excluding steroid dienone is 2. The van der Waals surface area contributed by atoms with E-state index < -0.39 is 5.69 Å². The van der Waals surface area contributed by atoms with E-state index >= 15 is 0 Å². The Morgan fingerprint density at radius 1 is 1.32 bits per heavy atom. The van der Waals surface area contributed by atoms with Crippen molar-refractivity contribution in [2.45, 2.75) is 38.6 Å². The van der Waals surface area contributed by atoms with E-state index in [2.05, 4.69) is 34.0 Å². The normalized spacial score (nSPS) is 15.6. The van der Waals surface area contributed by atoms with Crippen molar-refractivity contribution in [3.8, 4) is 0 Å². The van der Waals surface area contributed by atoms with Gasteiger partial charge >= 0.3 is 5.69 Å². The van der Waals surface area contributed by atoms with Gasteiger partial charge in [0.15, 0.2) is 11.2 Å². The second kappa shape index (κ2) is 4.53. The van der Waals surface area contributed by atoms with Crippen molar-refractivity contribution in [3.63, 3.8) is 0 Å². The lowest BCUT2D eigenvalue weighted by Gasteiger charge is -2.15. The summed E-state index contributed by atoms with van der Waals surface area (Å²) in [7, 11) is 0. The fraction of sp³-hybridized carbons (Fsp3) is 0.462. The van der Waals surface area contributed by atoms with Crippen molar-refractivity contribution in [2.24, 2.45) is 0 Å². The highest BCUT2D eigenvalue weighted by Gasteiger charge is 2.22. The Morgan fingerprint density at radius 3 is 2.74 bits per heavy atom. The van der Waals surface area contributed by atoms with Crippen LogP contribution in [0.1, 0.15) is 38.1 Å². The highest BCUT2D eigenvalue weighted by atomic mass is 16.2. The number of aryl methyl sites for hydroxylation is 1. The lowest BCUT2D eigenvalue weighted by Crippen LogP contribution is -2.24. The molecule has 0 amide bonds. The van der Waals surface area contributed by atoms with E-state index in [0.29, 0.717) is 11.2 Å². The van der Waals surface area contributed by atoms with Crippen molar-refractivity contribution < 1.29 is 0 Å². The van der Waals surface area contributed by atoms with E-state index in [1.165, 1.54) is 0 Å². The van der Waals surface area contributed by atoms with Gasteiger partial charge in [-0.15, -0.1) is 0 Å². The quantitative estimate of drug-likeness (QED) is 0.815. The maximum absolute atomic E-state index is 12.0. The Labute approximate surface area is 109 Å². The van der Waals surface area contributed by atoms with Gasteiger partial charge < -0.3 is 4.57 Å². The molecule has 6 nitrogen and oxygen atoms in total. The zero-order chi connectivity index (χ0) is 13.4. The first-order chi connectivity index (χ1) is 9.20. The molecule has 0 bridgehead atoms. The largest absolute Gasteiger partial charge is 0.327 e. The van der Waals surface area contributed by atoms with E-state index in [9.17, 15) is 9.59 Å². The van der Waals surface area contributed by atoms with Crippen LogP contribution in [0.5, 0.6) is 0 Å². The van der Waals surface area contributed by atoms with E-state index in [1.54, 1.807) is 0 Å². The van der Waals surface area contributed by atoms with Crippen molar-refractivity contribution >= 4 is 11.2 Å². The van der Waals surface area contributed by atoms with Crippen molar-refractivity contribution in [1.82, 2.24) is 19.5 Å². The van der Waals surface area contributed by atoms with Crippen LogP contribution in [0.15, 0.2) is 21.7 Å². The Bertz CT molecular complexity index is 742. The van der Waals surface area contributed by atoms with Gasteiger partial charge in [0.05, 0.1) is 0 Å². The van der Waals surface area contributed by atoms with E-state index in [-0.39, 0.29) is 11.6 Å². The number of imidazole rings is 1. The predicted molar refractivity (Wildman–Crippen MR) is 72.4 cm³/mol. The fourth-order valence-corrected chi connectivity index (χ4v) is 2.69. The molecule has 0 saturated heterocycles. The van der Waals surface area contributed by atoms with E-state index in [4.69, 9.17) is 0 Å². The number of H-pyrrole nitrogens is 2. The molecule has 100 valence electrons. The molecule has 2 N–H and O–H groups in total. The van der Waals surface area contributed by atoms with Gasteiger partial charge in [-0.25, -0.2) is 9.78 Å². The van der Waals surface area contributed by atoms with Crippen LogP contribution in [-0.4, -0.2) is 19.5 Å². The van der Waals surface area contributed by atoms with Gasteiger partial charge in [-0.2, -0.15) is 0 Å². The summed E-state index contributed by atoms with van der Waals surface area (Å²) in [4.78, 5) is 32.7. The van der Waals surface area contributed by atoms with Gasteiger partial charge in [-0.05, 0) is 19.3 Å². The molecular formula is C13H16N4O2. The molecule has 0 fully saturated rings. The Kier molecular flexibility index (Phi) is 2.85. The van der Waals surface area contributed by atoms with Gasteiger partial charge in [0.1, 0.15) is 5.82 Å². The second-order valence-electron chi connectivity index (χ2n) is 4.85. The maximum Gasteiger partial charge on any atom is 0.327 e. The van der Waals surface area contributed by atoms with Crippen molar-refractivity contribution in [1.29, 1.82) is 0 Å². The molecule has 0 saturated carbocycles. The van der Waals surface area contributed by atoms with Crippen LogP contribution in [-0.2, 0) is 6.42 Å². The van der Waals surface area contributed by atoms with Gasteiger partial charge in [0.2, 0.25) is 0 Å². The predicted octanol–water partition coefficient (Wildman–Crippen LogP) is 1.26. The summed E-state index contributed by atoms with van der Waals surface area (Å²) >= 11 is 0. The molecule has 0 spiro atoms. The first-order valence-electron chi connectivity index (χ1n) is 6.59. The SMILES string of the molecule is CCCc1nc2[nH]c(=O)[nH]c(=O)c2n1C1CC=CC1. The molecule has 6 heteroatoms. The van der Waals surface area contributed by atoms with Crippen LogP contribution in [0.4, 0.5) is 0 Å². The van der Waals surface area contributed by atoms with Gasteiger partial charge in [-0.3, -0.25) is 14.8 Å². The van der Waals surface area contributed by atoms with Crippen LogP contribution in [0.2, 0.25) is 0 Å². The number of nitrogens with zero attached hydrogens (tertiary/aromatic N) is 2. The number of aromatic amines is 2. The molecule has 0 unspecified atom stereocenters. The summed E-state index contributed by atoms with van der Waals surface area (Å²) in [6, 6.07) is 0.235. The molecular weight excluding hydrogens is 244 g/mol. The smallest absolute Gasteiger partial charge is 0.318 e. The van der Waals surface area contributed by atoms with Crippen LogP contribution < -0.4 is 11.2 Å². The summed E-state index contributed by atoms with van der Waals surface area (Å²) in [6.45, 7) is 2.07. The molecule has 0 radical (unpaired) electrons. The van der Waals surface area contributed by atoms with E-state index in [1.807, 2.05) is 4.57 Å². The summed E-state index contributed by atoms with van der Waals surface area (Å²) in [5.41, 5.74) is 0.0103. The third-order valence-corrected chi connectivity index (χ3v) is 3.48. The van der Waals surface area contributed by atoms with Crippen LogP contribution in [0.3, 0.4) is 0 Å². The summed E-state index contributed by atoms with van der Waals surface area (Å²) in [6.07, 6.45) is 7.79. The fourth-order valence-electron chi connectivity index (χ4n) is 2.69. The number of rotatable bonds is 3. The Morgan fingerprint density at radius 2 is 2.05 bits per heavy atom. The van der Waals surface area contributed by atoms with Gasteiger partial charge in [0.25, 0.3) is 5.56 Å². The van der Waals surface area contributed by atoms with Gasteiger partial charge in [0, 0.05) is 12.5 Å². The van der Waals surface area contributed by atoms with Crippen LogP contribution >= 0.6 is 0 Å². The molecule has 2 heterocycles. The molecule has 2 aromatic rings. The third kappa shape index (κ3) is 1.93.